The number of hydrogen-bond acceptors (Lipinski definition) is 2. The molecule has 0 atom stereocenters. The summed E-state index contributed by atoms with van der Waals surface area (Å²) in [7, 11) is 0. The average molecular weight is 283 g/mol. The monoisotopic (exact) mass is 282 g/mol. The second-order valence-corrected chi connectivity index (χ2v) is 4.04. The van der Waals surface area contributed by atoms with Gasteiger partial charge < -0.3 is 0 Å². The van der Waals surface area contributed by atoms with E-state index in [4.69, 9.17) is 0 Å². The first kappa shape index (κ1) is 13.2. The number of benzene rings is 1. The van der Waals surface area contributed by atoms with Gasteiger partial charge in [0.25, 0.3) is 0 Å². The van der Waals surface area contributed by atoms with Gasteiger partial charge in [-0.2, -0.15) is 5.10 Å². The maximum Gasteiger partial charge on any atom is 0.0617 e. The van der Waals surface area contributed by atoms with Crippen LogP contribution in [0.15, 0.2) is 29.4 Å². The highest BCUT2D eigenvalue weighted by atomic mass is 79.9. The molecule has 0 bridgehead atoms. The van der Waals surface area contributed by atoms with Gasteiger partial charge in [0.1, 0.15) is 0 Å². The first-order valence-electron chi connectivity index (χ1n) is 5.77. The molecule has 0 unspecified atom stereocenters. The van der Waals surface area contributed by atoms with Gasteiger partial charge >= 0.3 is 0 Å². The van der Waals surface area contributed by atoms with Gasteiger partial charge in [-0.3, -0.25) is 5.01 Å². The zero-order valence-corrected chi connectivity index (χ0v) is 11.4. The summed E-state index contributed by atoms with van der Waals surface area (Å²) >= 11 is 0. The molecule has 88 valence electrons. The number of unbranched alkanes of at least 4 members (excludes halogenated alkanes) is 2. The zero-order valence-electron chi connectivity index (χ0n) is 9.72. The number of halogens is 1. The fourth-order valence-corrected chi connectivity index (χ4v) is 1.87. The molecule has 0 saturated carbocycles. The van der Waals surface area contributed by atoms with Crippen LogP contribution >= 0.6 is 17.0 Å². The molecule has 1 heterocycles. The van der Waals surface area contributed by atoms with Gasteiger partial charge in [-0.1, -0.05) is 44.0 Å². The molecule has 2 nitrogen and oxygen atoms in total. The summed E-state index contributed by atoms with van der Waals surface area (Å²) in [6, 6.07) is 8.48. The van der Waals surface area contributed by atoms with E-state index in [0.29, 0.717) is 0 Å². The van der Waals surface area contributed by atoms with E-state index in [9.17, 15) is 0 Å². The second kappa shape index (κ2) is 6.69. The van der Waals surface area contributed by atoms with Crippen LogP contribution in [-0.2, 0) is 6.54 Å². The Balaban J connectivity index is 0.00000128. The lowest BCUT2D eigenvalue weighted by Crippen LogP contribution is -2.22. The lowest BCUT2D eigenvalue weighted by Gasteiger charge is -2.23. The minimum atomic E-state index is 0. The summed E-state index contributed by atoms with van der Waals surface area (Å²) < 4.78 is 0. The Kier molecular flexibility index (Phi) is 5.53. The molecular formula is C13H19BrN2. The van der Waals surface area contributed by atoms with Gasteiger partial charge in [-0.15, -0.1) is 17.0 Å². The Hall–Kier alpha value is -0.830. The minimum absolute atomic E-state index is 0. The topological polar surface area (TPSA) is 15.6 Å². The largest absolute Gasteiger partial charge is 0.293 e. The molecule has 0 aromatic heterocycles. The van der Waals surface area contributed by atoms with E-state index < -0.39 is 0 Å². The van der Waals surface area contributed by atoms with Crippen LogP contribution < -0.4 is 0 Å². The van der Waals surface area contributed by atoms with Crippen LogP contribution in [0.25, 0.3) is 0 Å². The SMILES string of the molecule is Br.CCCCCN1Cc2ccccc2C=N1. The Morgan fingerprint density at radius 1 is 1.25 bits per heavy atom. The summed E-state index contributed by atoms with van der Waals surface area (Å²) in [5.41, 5.74) is 2.66. The maximum absolute atomic E-state index is 4.45. The van der Waals surface area contributed by atoms with Crippen molar-refractivity contribution in [2.45, 2.75) is 32.7 Å². The predicted octanol–water partition coefficient (Wildman–Crippen LogP) is 3.60. The third-order valence-corrected chi connectivity index (χ3v) is 2.79. The number of hydrogen-bond donors (Lipinski definition) is 0. The molecule has 16 heavy (non-hydrogen) atoms. The number of rotatable bonds is 4. The van der Waals surface area contributed by atoms with Gasteiger partial charge in [-0.05, 0) is 17.5 Å². The highest BCUT2D eigenvalue weighted by Crippen LogP contribution is 2.15. The molecule has 0 fully saturated rings. The molecule has 1 aliphatic rings. The lowest BCUT2D eigenvalue weighted by molar-refractivity contribution is 0.270. The molecule has 0 saturated heterocycles. The molecule has 0 radical (unpaired) electrons. The summed E-state index contributed by atoms with van der Waals surface area (Å²) in [6.45, 7) is 4.28. The molecule has 1 aliphatic heterocycles. The van der Waals surface area contributed by atoms with Crippen molar-refractivity contribution in [1.82, 2.24) is 5.01 Å². The van der Waals surface area contributed by atoms with Crippen LogP contribution in [-0.4, -0.2) is 17.8 Å². The minimum Gasteiger partial charge on any atom is -0.293 e. The summed E-state index contributed by atoms with van der Waals surface area (Å²) in [6.07, 6.45) is 5.79. The summed E-state index contributed by atoms with van der Waals surface area (Å²) in [4.78, 5) is 0. The second-order valence-electron chi connectivity index (χ2n) is 4.04. The van der Waals surface area contributed by atoms with Crippen LogP contribution in [0.2, 0.25) is 0 Å². The molecule has 1 aromatic rings. The Morgan fingerprint density at radius 2 is 2.06 bits per heavy atom. The smallest absolute Gasteiger partial charge is 0.0617 e. The average Bonchev–Trinajstić information content (AvgIpc) is 2.29. The summed E-state index contributed by atoms with van der Waals surface area (Å²) in [5.74, 6) is 0. The molecule has 0 aliphatic carbocycles. The van der Waals surface area contributed by atoms with E-state index in [1.165, 1.54) is 30.4 Å². The predicted molar refractivity (Wildman–Crippen MR) is 74.3 cm³/mol. The number of nitrogens with zero attached hydrogens (tertiary/aromatic N) is 2. The fraction of sp³-hybridized carbons (Fsp3) is 0.462. The van der Waals surface area contributed by atoms with Crippen molar-refractivity contribution in [1.29, 1.82) is 0 Å². The fourth-order valence-electron chi connectivity index (χ4n) is 1.87. The lowest BCUT2D eigenvalue weighted by atomic mass is 10.1. The van der Waals surface area contributed by atoms with Crippen molar-refractivity contribution in [3.8, 4) is 0 Å². The van der Waals surface area contributed by atoms with Gasteiger partial charge in [-0.25, -0.2) is 0 Å². The van der Waals surface area contributed by atoms with E-state index in [0.717, 1.165) is 13.1 Å². The van der Waals surface area contributed by atoms with Gasteiger partial charge in [0, 0.05) is 6.54 Å². The first-order chi connectivity index (χ1) is 7.40. The van der Waals surface area contributed by atoms with Crippen LogP contribution in [0.4, 0.5) is 0 Å². The number of fused-ring (bicyclic) bond motifs is 1. The molecule has 3 heteroatoms. The third-order valence-electron chi connectivity index (χ3n) is 2.79. The van der Waals surface area contributed by atoms with E-state index in [1.807, 2.05) is 6.21 Å². The molecule has 0 N–H and O–H groups in total. The van der Waals surface area contributed by atoms with Crippen LogP contribution in [0, 0.1) is 0 Å². The summed E-state index contributed by atoms with van der Waals surface area (Å²) in [5, 5.41) is 6.62. The zero-order chi connectivity index (χ0) is 10.5. The quantitative estimate of drug-likeness (QED) is 0.771. The Labute approximate surface area is 108 Å². The van der Waals surface area contributed by atoms with Crippen LogP contribution in [0.1, 0.15) is 37.3 Å². The van der Waals surface area contributed by atoms with Gasteiger partial charge in [0.2, 0.25) is 0 Å². The van der Waals surface area contributed by atoms with Gasteiger partial charge in [0.05, 0.1) is 12.8 Å². The Morgan fingerprint density at radius 3 is 2.88 bits per heavy atom. The van der Waals surface area contributed by atoms with E-state index >= 15 is 0 Å². The van der Waals surface area contributed by atoms with Crippen LogP contribution in [0.3, 0.4) is 0 Å². The van der Waals surface area contributed by atoms with Crippen molar-refractivity contribution < 1.29 is 0 Å². The van der Waals surface area contributed by atoms with Crippen molar-refractivity contribution >= 4 is 23.2 Å². The van der Waals surface area contributed by atoms with Crippen molar-refractivity contribution in [2.75, 3.05) is 6.54 Å². The van der Waals surface area contributed by atoms with Crippen molar-refractivity contribution in [3.05, 3.63) is 35.4 Å². The normalized spacial score (nSPS) is 13.2. The van der Waals surface area contributed by atoms with Crippen LogP contribution in [0.5, 0.6) is 0 Å². The molecule has 1 aromatic carbocycles. The highest BCUT2D eigenvalue weighted by molar-refractivity contribution is 8.93. The van der Waals surface area contributed by atoms with Crippen molar-refractivity contribution in [2.24, 2.45) is 5.10 Å². The molecule has 0 amide bonds. The highest BCUT2D eigenvalue weighted by Gasteiger charge is 2.09. The van der Waals surface area contributed by atoms with E-state index in [1.54, 1.807) is 0 Å². The van der Waals surface area contributed by atoms with Gasteiger partial charge in [0.15, 0.2) is 0 Å². The standard InChI is InChI=1S/C13H18N2.BrH/c1-2-3-6-9-15-11-13-8-5-4-7-12(13)10-14-15;/h4-5,7-8,10H,2-3,6,9,11H2,1H3;1H. The maximum atomic E-state index is 4.45. The van der Waals surface area contributed by atoms with E-state index in [-0.39, 0.29) is 17.0 Å². The first-order valence-corrected chi connectivity index (χ1v) is 5.77. The van der Waals surface area contributed by atoms with E-state index in [2.05, 4.69) is 41.3 Å². The third kappa shape index (κ3) is 3.34. The molecule has 2 rings (SSSR count). The van der Waals surface area contributed by atoms with Crippen molar-refractivity contribution in [3.63, 3.8) is 0 Å². The molecular weight excluding hydrogens is 264 g/mol. The Bertz CT molecular complexity index is 350. The number of hydrazone groups is 1. The molecule has 0 spiro atoms.